The molecule has 8 rings (SSSR count). The number of aliphatic imine (C=N–C) groups is 1. The predicted molar refractivity (Wildman–Crippen MR) is 183 cm³/mol. The predicted octanol–water partition coefficient (Wildman–Crippen LogP) is 4.53. The molecule has 1 saturated carbocycles. The minimum atomic E-state index is -0.215. The Kier molecular flexibility index (Phi) is 7.96. The van der Waals surface area contributed by atoms with Crippen molar-refractivity contribution in [3.05, 3.63) is 53.2 Å². The Hall–Kier alpha value is -4.23. The van der Waals surface area contributed by atoms with E-state index in [0.717, 1.165) is 61.6 Å². The number of hydrogen-bond acceptors (Lipinski definition) is 9. The number of nitriles is 1. The van der Waals surface area contributed by atoms with E-state index < -0.39 is 0 Å². The molecule has 10 heteroatoms. The van der Waals surface area contributed by atoms with Gasteiger partial charge in [0.1, 0.15) is 24.2 Å². The summed E-state index contributed by atoms with van der Waals surface area (Å²) >= 11 is 0. The molecule has 4 aliphatic heterocycles. The van der Waals surface area contributed by atoms with Crippen LogP contribution in [0.3, 0.4) is 0 Å². The van der Waals surface area contributed by atoms with Crippen LogP contribution in [0, 0.1) is 24.2 Å². The highest BCUT2D eigenvalue weighted by Gasteiger charge is 2.46. The minimum absolute atomic E-state index is 0.0252. The van der Waals surface area contributed by atoms with Gasteiger partial charge in [-0.1, -0.05) is 36.8 Å². The first-order valence-electron chi connectivity index (χ1n) is 17.4. The van der Waals surface area contributed by atoms with Crippen LogP contribution in [0.25, 0.3) is 10.8 Å². The molecule has 5 heterocycles. The molecular formula is C37H44N8O2. The van der Waals surface area contributed by atoms with Crippen LogP contribution >= 0.6 is 0 Å². The summed E-state index contributed by atoms with van der Waals surface area (Å²) in [5, 5.41) is 12.3. The van der Waals surface area contributed by atoms with Crippen LogP contribution in [0.15, 0.2) is 41.4 Å². The van der Waals surface area contributed by atoms with Gasteiger partial charge in [-0.15, -0.1) is 0 Å². The molecule has 244 valence electrons. The summed E-state index contributed by atoms with van der Waals surface area (Å²) in [6, 6.07) is 16.1. The molecule has 0 N–H and O–H groups in total. The van der Waals surface area contributed by atoms with E-state index >= 15 is 0 Å². The third-order valence-corrected chi connectivity index (χ3v) is 11.2. The number of nitrogens with zero attached hydrogens (tertiary/aromatic N) is 8. The maximum absolute atomic E-state index is 13.6. The summed E-state index contributed by atoms with van der Waals surface area (Å²) in [5.41, 5.74) is 5.36. The molecule has 2 saturated heterocycles. The Morgan fingerprint density at radius 1 is 1.00 bits per heavy atom. The molecular weight excluding hydrogens is 588 g/mol. The van der Waals surface area contributed by atoms with Crippen molar-refractivity contribution in [3.8, 4) is 12.1 Å². The van der Waals surface area contributed by atoms with E-state index in [4.69, 9.17) is 14.7 Å². The number of fused-ring (bicyclic) bond motifs is 2. The van der Waals surface area contributed by atoms with Gasteiger partial charge in [0.05, 0.1) is 30.8 Å². The number of hydrogen-bond donors (Lipinski definition) is 0. The number of rotatable bonds is 8. The van der Waals surface area contributed by atoms with Gasteiger partial charge in [-0.25, -0.2) is 0 Å². The number of piperazine rings is 1. The zero-order valence-electron chi connectivity index (χ0n) is 27.6. The summed E-state index contributed by atoms with van der Waals surface area (Å²) in [6.45, 7) is 7.10. The highest BCUT2D eigenvalue weighted by atomic mass is 16.5. The molecule has 3 fully saturated rings. The van der Waals surface area contributed by atoms with Gasteiger partial charge in [0.15, 0.2) is 0 Å². The number of aryl methyl sites for hydroxylation is 1. The quantitative estimate of drug-likeness (QED) is 0.357. The summed E-state index contributed by atoms with van der Waals surface area (Å²) in [7, 11) is 2.15. The maximum atomic E-state index is 13.6. The molecule has 3 atom stereocenters. The van der Waals surface area contributed by atoms with Gasteiger partial charge < -0.3 is 24.3 Å². The second kappa shape index (κ2) is 12.4. The Morgan fingerprint density at radius 2 is 1.85 bits per heavy atom. The molecule has 1 aliphatic carbocycles. The molecule has 0 bridgehead atoms. The molecule has 0 unspecified atom stereocenters. The zero-order chi connectivity index (χ0) is 32.1. The number of amides is 1. The summed E-state index contributed by atoms with van der Waals surface area (Å²) in [4.78, 5) is 37.2. The van der Waals surface area contributed by atoms with Crippen molar-refractivity contribution in [2.75, 3.05) is 56.2 Å². The smallest absolute Gasteiger partial charge is 0.318 e. The number of carbonyl (C=O) groups excluding carboxylic acids is 1. The Balaban J connectivity index is 1.08. The van der Waals surface area contributed by atoms with Crippen LogP contribution in [0.5, 0.6) is 6.01 Å². The van der Waals surface area contributed by atoms with Crippen molar-refractivity contribution in [2.45, 2.75) is 76.5 Å². The summed E-state index contributed by atoms with van der Waals surface area (Å²) < 4.78 is 6.37. The largest absolute Gasteiger partial charge is 0.462 e. The second-order valence-electron chi connectivity index (χ2n) is 14.1. The van der Waals surface area contributed by atoms with Gasteiger partial charge in [-0.05, 0) is 75.6 Å². The van der Waals surface area contributed by atoms with E-state index in [9.17, 15) is 10.1 Å². The standard InChI is InChI=1S/C37H44N8O2/c1-24-7-3-8-25-9-5-13-31(32(24)25)43-18-15-29-30(22-43)39-37(47-23-28-12-6-17-42(28)2)41-35(29)44-19-20-45(27(21-44)14-16-38)36(46)34-33(40-34)26-10-4-11-26/h3,5,7-9,13,26-28,33H,4,6,10-12,14-15,17-23H2,1-2H3/t27-,28-,33+/m0/s1. The lowest BCUT2D eigenvalue weighted by Gasteiger charge is -2.42. The Morgan fingerprint density at radius 3 is 2.62 bits per heavy atom. The molecule has 2 aromatic carbocycles. The van der Waals surface area contributed by atoms with E-state index in [1.165, 1.54) is 34.9 Å². The third-order valence-electron chi connectivity index (χ3n) is 11.2. The molecule has 3 aromatic rings. The molecule has 10 nitrogen and oxygen atoms in total. The van der Waals surface area contributed by atoms with Crippen LogP contribution in [0.2, 0.25) is 0 Å². The summed E-state index contributed by atoms with van der Waals surface area (Å²) in [6.07, 6.45) is 6.94. The van der Waals surface area contributed by atoms with E-state index in [2.05, 4.69) is 76.1 Å². The third kappa shape index (κ3) is 5.69. The highest BCUT2D eigenvalue weighted by molar-refractivity contribution is 6.46. The van der Waals surface area contributed by atoms with Crippen molar-refractivity contribution in [1.29, 1.82) is 5.26 Å². The lowest BCUT2D eigenvalue weighted by molar-refractivity contribution is -0.126. The topological polar surface area (TPSA) is 101 Å². The first-order chi connectivity index (χ1) is 23.0. The van der Waals surface area contributed by atoms with Crippen molar-refractivity contribution >= 4 is 33.9 Å². The van der Waals surface area contributed by atoms with Gasteiger partial charge >= 0.3 is 6.01 Å². The average molecular weight is 633 g/mol. The molecule has 0 spiro atoms. The first kappa shape index (κ1) is 30.1. The van der Waals surface area contributed by atoms with Crippen LogP contribution < -0.4 is 14.5 Å². The lowest BCUT2D eigenvalue weighted by Crippen LogP contribution is -2.57. The van der Waals surface area contributed by atoms with Crippen LogP contribution in [-0.4, -0.2) is 95.9 Å². The maximum Gasteiger partial charge on any atom is 0.318 e. The van der Waals surface area contributed by atoms with Crippen molar-refractivity contribution in [2.24, 2.45) is 10.9 Å². The second-order valence-corrected chi connectivity index (χ2v) is 14.1. The van der Waals surface area contributed by atoms with E-state index in [-0.39, 0.29) is 24.4 Å². The van der Waals surface area contributed by atoms with Gasteiger partial charge in [-0.2, -0.15) is 15.2 Å². The van der Waals surface area contributed by atoms with Crippen LogP contribution in [0.4, 0.5) is 11.5 Å². The number of carbonyl (C=O) groups is 1. The van der Waals surface area contributed by atoms with Crippen molar-refractivity contribution in [1.82, 2.24) is 19.8 Å². The fourth-order valence-electron chi connectivity index (χ4n) is 8.17. The van der Waals surface area contributed by atoms with Gasteiger partial charge in [-0.3, -0.25) is 9.79 Å². The highest BCUT2D eigenvalue weighted by Crippen LogP contribution is 2.39. The Labute approximate surface area is 277 Å². The van der Waals surface area contributed by atoms with E-state index in [1.54, 1.807) is 0 Å². The molecule has 47 heavy (non-hydrogen) atoms. The number of likely N-dealkylation sites (N-methyl/N-ethyl adjacent to an activating group) is 1. The monoisotopic (exact) mass is 632 g/mol. The molecule has 1 aromatic heterocycles. The first-order valence-corrected chi connectivity index (χ1v) is 17.4. The number of ether oxygens (including phenoxy) is 1. The zero-order valence-corrected chi connectivity index (χ0v) is 27.6. The number of benzene rings is 2. The van der Waals surface area contributed by atoms with Gasteiger partial charge in [0.2, 0.25) is 0 Å². The molecule has 5 aliphatic rings. The average Bonchev–Trinajstić information content (AvgIpc) is 3.72. The van der Waals surface area contributed by atoms with E-state index in [1.807, 2.05) is 4.90 Å². The Bertz CT molecular complexity index is 1760. The van der Waals surface area contributed by atoms with Gasteiger partial charge in [0.25, 0.3) is 5.91 Å². The molecule has 1 amide bonds. The van der Waals surface area contributed by atoms with Crippen LogP contribution in [0.1, 0.15) is 55.3 Å². The normalized spacial score (nSPS) is 24.5. The lowest BCUT2D eigenvalue weighted by atomic mass is 9.81. The fraction of sp³-hybridized carbons (Fsp3) is 0.541. The minimum Gasteiger partial charge on any atom is -0.462 e. The van der Waals surface area contributed by atoms with Crippen LogP contribution in [-0.2, 0) is 17.8 Å². The SMILES string of the molecule is Cc1cccc2cccc(N3CCc4c(nc(OC[C@@H]5CCCN5C)nc4N4CCN(C(=O)C5=N[C@@H]5C5CCC5)[C@@H](CC#N)C4)C3)c12. The van der Waals surface area contributed by atoms with Crippen molar-refractivity contribution < 1.29 is 9.53 Å². The summed E-state index contributed by atoms with van der Waals surface area (Å²) in [5.74, 6) is 1.46. The van der Waals surface area contributed by atoms with Gasteiger partial charge in [0, 0.05) is 48.9 Å². The number of aromatic nitrogens is 2. The van der Waals surface area contributed by atoms with Crippen molar-refractivity contribution in [3.63, 3.8) is 0 Å². The number of likely N-dealkylation sites (tertiary alicyclic amines) is 1. The fourth-order valence-corrected chi connectivity index (χ4v) is 8.17. The number of anilines is 2. The molecule has 0 radical (unpaired) electrons. The van der Waals surface area contributed by atoms with E-state index in [0.29, 0.717) is 50.8 Å².